The quantitative estimate of drug-likeness (QED) is 0.253. The zero-order chi connectivity index (χ0) is 21.8. The van der Waals surface area contributed by atoms with Crippen LogP contribution in [-0.2, 0) is 27.7 Å². The molecule has 166 valence electrons. The Morgan fingerprint density at radius 2 is 1.68 bits per heavy atom. The van der Waals surface area contributed by atoms with Gasteiger partial charge in [0.1, 0.15) is 5.82 Å². The van der Waals surface area contributed by atoms with Gasteiger partial charge in [-0.15, -0.1) is 23.6 Å². The number of hydrogen-bond acceptors (Lipinski definition) is 4. The predicted octanol–water partition coefficient (Wildman–Crippen LogP) is 5.82. The SMILES string of the molecule is [Pt+2].[c-]1c(Oc2[c-]c3c(cc2)c2ccccc2n3-c2ccccn2)ccc2c1-c1nccn1CN2. The van der Waals surface area contributed by atoms with E-state index in [4.69, 9.17) is 4.74 Å². The molecule has 7 heteroatoms. The average molecular weight is 623 g/mol. The first-order chi connectivity index (χ1) is 16.3. The molecule has 0 atom stereocenters. The molecule has 0 radical (unpaired) electrons. The van der Waals surface area contributed by atoms with Crippen molar-refractivity contribution >= 4 is 27.5 Å². The first-order valence-electron chi connectivity index (χ1n) is 10.7. The minimum absolute atomic E-state index is 0. The molecule has 0 saturated heterocycles. The topological polar surface area (TPSA) is 56.9 Å². The van der Waals surface area contributed by atoms with E-state index in [-0.39, 0.29) is 21.1 Å². The van der Waals surface area contributed by atoms with E-state index in [1.807, 2.05) is 53.2 Å². The van der Waals surface area contributed by atoms with E-state index in [9.17, 15) is 0 Å². The number of ether oxygens (including phenoxy) is 1. The van der Waals surface area contributed by atoms with E-state index in [0.29, 0.717) is 18.2 Å². The van der Waals surface area contributed by atoms with Crippen LogP contribution >= 0.6 is 0 Å². The molecule has 1 N–H and O–H groups in total. The van der Waals surface area contributed by atoms with Crippen molar-refractivity contribution in [2.24, 2.45) is 0 Å². The number of para-hydroxylation sites is 1. The summed E-state index contributed by atoms with van der Waals surface area (Å²) in [7, 11) is 0. The molecule has 0 aliphatic carbocycles. The maximum absolute atomic E-state index is 6.22. The molecule has 0 saturated carbocycles. The van der Waals surface area contributed by atoms with Crippen molar-refractivity contribution in [3.05, 3.63) is 97.5 Å². The third-order valence-corrected chi connectivity index (χ3v) is 5.95. The fourth-order valence-electron chi connectivity index (χ4n) is 4.47. The second-order valence-corrected chi connectivity index (χ2v) is 7.89. The summed E-state index contributed by atoms with van der Waals surface area (Å²) in [4.78, 5) is 9.05. The number of nitrogens with zero attached hydrogens (tertiary/aromatic N) is 4. The number of anilines is 1. The molecule has 0 amide bonds. The van der Waals surface area contributed by atoms with Crippen LogP contribution in [0, 0.1) is 12.1 Å². The Balaban J connectivity index is 0.00000217. The van der Waals surface area contributed by atoms with Gasteiger partial charge in [0.25, 0.3) is 0 Å². The first-order valence-corrected chi connectivity index (χ1v) is 10.7. The van der Waals surface area contributed by atoms with Crippen LogP contribution < -0.4 is 10.1 Å². The Morgan fingerprint density at radius 3 is 2.59 bits per heavy atom. The van der Waals surface area contributed by atoms with Crippen molar-refractivity contribution in [3.63, 3.8) is 0 Å². The molecule has 1 aliphatic rings. The zero-order valence-electron chi connectivity index (χ0n) is 17.8. The van der Waals surface area contributed by atoms with E-state index in [1.54, 1.807) is 12.4 Å². The van der Waals surface area contributed by atoms with Gasteiger partial charge in [0.15, 0.2) is 0 Å². The van der Waals surface area contributed by atoms with Crippen LogP contribution in [0.5, 0.6) is 11.5 Å². The van der Waals surface area contributed by atoms with Crippen LogP contribution in [0.15, 0.2) is 85.3 Å². The van der Waals surface area contributed by atoms with E-state index < -0.39 is 0 Å². The van der Waals surface area contributed by atoms with Crippen LogP contribution in [0.3, 0.4) is 0 Å². The molecule has 1 aliphatic heterocycles. The largest absolute Gasteiger partial charge is 2.00 e. The van der Waals surface area contributed by atoms with Gasteiger partial charge in [0, 0.05) is 35.6 Å². The first kappa shape index (κ1) is 20.7. The Labute approximate surface area is 210 Å². The number of imidazole rings is 1. The maximum atomic E-state index is 6.22. The number of hydrogen-bond donors (Lipinski definition) is 1. The number of aromatic nitrogens is 4. The number of benzene rings is 3. The molecule has 0 spiro atoms. The molecule has 34 heavy (non-hydrogen) atoms. The molecule has 6 nitrogen and oxygen atoms in total. The maximum Gasteiger partial charge on any atom is 2.00 e. The zero-order valence-corrected chi connectivity index (χ0v) is 20.1. The molecule has 3 aromatic heterocycles. The fourth-order valence-corrected chi connectivity index (χ4v) is 4.47. The molecule has 3 aromatic carbocycles. The molecule has 0 unspecified atom stereocenters. The molecular weight excluding hydrogens is 605 g/mol. The van der Waals surface area contributed by atoms with Gasteiger partial charge in [0.2, 0.25) is 0 Å². The van der Waals surface area contributed by atoms with E-state index in [0.717, 1.165) is 44.7 Å². The number of rotatable bonds is 3. The van der Waals surface area contributed by atoms with E-state index in [1.165, 1.54) is 0 Å². The van der Waals surface area contributed by atoms with E-state index in [2.05, 4.69) is 56.3 Å². The predicted molar refractivity (Wildman–Crippen MR) is 128 cm³/mol. The monoisotopic (exact) mass is 622 g/mol. The van der Waals surface area contributed by atoms with Crippen molar-refractivity contribution in [1.29, 1.82) is 0 Å². The summed E-state index contributed by atoms with van der Waals surface area (Å²) in [5.41, 5.74) is 3.89. The van der Waals surface area contributed by atoms with Crippen molar-refractivity contribution in [1.82, 2.24) is 19.1 Å². The van der Waals surface area contributed by atoms with Crippen molar-refractivity contribution < 1.29 is 25.8 Å². The number of fused-ring (bicyclic) bond motifs is 6. The Hall–Kier alpha value is -3.89. The fraction of sp³-hybridized carbons (Fsp3) is 0.0370. The molecule has 0 bridgehead atoms. The number of pyridine rings is 1. The van der Waals surface area contributed by atoms with Crippen molar-refractivity contribution in [2.75, 3.05) is 5.32 Å². The van der Waals surface area contributed by atoms with Gasteiger partial charge in [-0.1, -0.05) is 47.5 Å². The van der Waals surface area contributed by atoms with Gasteiger partial charge < -0.3 is 19.2 Å². The summed E-state index contributed by atoms with van der Waals surface area (Å²) in [6, 6.07) is 29.0. The van der Waals surface area contributed by atoms with Gasteiger partial charge in [-0.25, -0.2) is 4.98 Å². The summed E-state index contributed by atoms with van der Waals surface area (Å²) in [5.74, 6) is 2.95. The van der Waals surface area contributed by atoms with Crippen LogP contribution in [0.4, 0.5) is 5.69 Å². The van der Waals surface area contributed by atoms with Crippen LogP contribution in [-0.4, -0.2) is 19.1 Å². The summed E-state index contributed by atoms with van der Waals surface area (Å²) >= 11 is 0. The molecule has 6 aromatic rings. The minimum atomic E-state index is 0. The van der Waals surface area contributed by atoms with Gasteiger partial charge in [-0.3, -0.25) is 4.98 Å². The Morgan fingerprint density at radius 1 is 0.824 bits per heavy atom. The van der Waals surface area contributed by atoms with Crippen molar-refractivity contribution in [3.8, 4) is 28.7 Å². The molecule has 4 heterocycles. The van der Waals surface area contributed by atoms with Gasteiger partial charge in [-0.2, -0.15) is 6.07 Å². The summed E-state index contributed by atoms with van der Waals surface area (Å²) < 4.78 is 10.4. The van der Waals surface area contributed by atoms with Gasteiger partial charge >= 0.3 is 21.1 Å². The summed E-state index contributed by atoms with van der Waals surface area (Å²) in [6.45, 7) is 0.693. The minimum Gasteiger partial charge on any atom is -0.503 e. The second-order valence-electron chi connectivity index (χ2n) is 7.89. The van der Waals surface area contributed by atoms with E-state index >= 15 is 0 Å². The second kappa shape index (κ2) is 8.15. The Kier molecular flexibility index (Phi) is 4.96. The third-order valence-electron chi connectivity index (χ3n) is 5.95. The smallest absolute Gasteiger partial charge is 0.503 e. The number of nitrogens with one attached hydrogen (secondary N) is 1. The molecule has 7 rings (SSSR count). The van der Waals surface area contributed by atoms with Crippen LogP contribution in [0.25, 0.3) is 39.0 Å². The molecule has 0 fully saturated rings. The van der Waals surface area contributed by atoms with Crippen LogP contribution in [0.1, 0.15) is 0 Å². The van der Waals surface area contributed by atoms with Crippen LogP contribution in [0.2, 0.25) is 0 Å². The summed E-state index contributed by atoms with van der Waals surface area (Å²) in [5, 5.41) is 5.63. The third kappa shape index (κ3) is 3.22. The molecular formula is C27H17N5OPt. The normalized spacial score (nSPS) is 12.0. The standard InChI is InChI=1S/C27H17N5O.Pt/c1-2-6-24-20(5-1)21-10-8-19(16-25(21)32(24)26-7-3-4-12-28-26)33-18-9-11-23-22(15-18)27-29-13-14-31(27)17-30-23;/h1-14,30H,17H2;/q-2;+2. The van der Waals surface area contributed by atoms with Gasteiger partial charge in [0.05, 0.1) is 12.5 Å². The Bertz CT molecular complexity index is 1650. The van der Waals surface area contributed by atoms with Gasteiger partial charge in [-0.05, 0) is 29.3 Å². The summed E-state index contributed by atoms with van der Waals surface area (Å²) in [6.07, 6.45) is 5.55. The average Bonchev–Trinajstić information content (AvgIpc) is 3.47. The van der Waals surface area contributed by atoms with Crippen molar-refractivity contribution in [2.45, 2.75) is 6.67 Å².